The molecular weight excluding hydrogens is 596 g/mol. The minimum absolute atomic E-state index is 0.0685. The van der Waals surface area contributed by atoms with Gasteiger partial charge in [0.05, 0.1) is 67.6 Å². The highest BCUT2D eigenvalue weighted by atomic mass is 16.6. The van der Waals surface area contributed by atoms with Gasteiger partial charge in [0, 0.05) is 18.3 Å². The molecule has 6 aliphatic rings. The fourth-order valence-corrected chi connectivity index (χ4v) is 10.9. The predicted octanol–water partition coefficient (Wildman–Crippen LogP) is 0.788. The maximum absolute atomic E-state index is 12.1. The molecule has 11 heteroatoms. The van der Waals surface area contributed by atoms with Crippen LogP contribution in [-0.4, -0.2) is 126 Å². The predicted molar refractivity (Wildman–Crippen MR) is 168 cm³/mol. The van der Waals surface area contributed by atoms with E-state index in [-0.39, 0.29) is 67.5 Å². The number of ether oxygens (including phenoxy) is 2. The lowest BCUT2D eigenvalue weighted by atomic mass is 9.42. The molecule has 17 atom stereocenters. The summed E-state index contributed by atoms with van der Waals surface area (Å²) in [5.74, 6) is 0.780. The molecule has 0 amide bonds. The normalized spacial score (nSPS) is 54.2. The van der Waals surface area contributed by atoms with E-state index in [2.05, 4.69) is 6.92 Å². The molecule has 4 aliphatic carbocycles. The standard InChI is InChI=1S/C23H38O5.C12H22O6/c1-21-8-5-16(26)11-15(21)3-4-18-19(21)12-20(27)22(2)17(6-9-23(18,22)28)14(13-25)7-10-24;1-5-11(15)7(13)3-9(17-5)10-4-8(14)12(16)6(2)18-10/h7,15-20,24-28H,3-6,8-13H2,1-2H3;5-16H,3-4H2,1-2H3/t15-,16+,17-,18-,19+,20-,21+,22+,23+;5?,6?,7-,8-,9+,10+,11?,12?/m11/s1. The SMILES string of the molecule is CC1O[C@H]([C@@H]2C[C@@H](O)C(O)C(C)O2)C[C@@H](O)C1O.C[C@]12CC[C@H](O)C[C@H]1CC[C@@H]1[C@@H]2C[C@@H](O)[C@]2(C)[C@@H](C(=CCO)CO)CC[C@]12O. The Kier molecular flexibility index (Phi) is 11.1. The first kappa shape index (κ1) is 36.6. The van der Waals surface area contributed by atoms with Crippen molar-refractivity contribution in [1.29, 1.82) is 0 Å². The van der Waals surface area contributed by atoms with Crippen molar-refractivity contribution in [2.24, 2.45) is 34.5 Å². The van der Waals surface area contributed by atoms with Crippen LogP contribution in [0.15, 0.2) is 11.6 Å². The fraction of sp³-hybridized carbons (Fsp3) is 0.943. The van der Waals surface area contributed by atoms with Crippen LogP contribution in [0.2, 0.25) is 0 Å². The van der Waals surface area contributed by atoms with Crippen molar-refractivity contribution in [3.63, 3.8) is 0 Å². The van der Waals surface area contributed by atoms with Crippen molar-refractivity contribution >= 4 is 0 Å². The second-order valence-corrected chi connectivity index (χ2v) is 15.9. The Labute approximate surface area is 273 Å². The Morgan fingerprint density at radius 2 is 1.33 bits per heavy atom. The van der Waals surface area contributed by atoms with Gasteiger partial charge in [0.2, 0.25) is 0 Å². The van der Waals surface area contributed by atoms with E-state index in [9.17, 15) is 46.0 Å². The molecule has 11 nitrogen and oxygen atoms in total. The summed E-state index contributed by atoms with van der Waals surface area (Å²) in [6, 6.07) is 0. The van der Waals surface area contributed by atoms with Gasteiger partial charge in [-0.15, -0.1) is 0 Å². The van der Waals surface area contributed by atoms with Crippen LogP contribution >= 0.6 is 0 Å². The number of hydrogen-bond acceptors (Lipinski definition) is 11. The summed E-state index contributed by atoms with van der Waals surface area (Å²) in [6.07, 6.45) is 2.86. The molecule has 2 aliphatic heterocycles. The number of fused-ring (bicyclic) bond motifs is 5. The van der Waals surface area contributed by atoms with E-state index < -0.39 is 53.7 Å². The number of aliphatic hydroxyl groups excluding tert-OH is 8. The van der Waals surface area contributed by atoms with E-state index in [4.69, 9.17) is 9.47 Å². The summed E-state index contributed by atoms with van der Waals surface area (Å²) in [5.41, 5.74) is -0.832. The van der Waals surface area contributed by atoms with Gasteiger partial charge >= 0.3 is 0 Å². The maximum Gasteiger partial charge on any atom is 0.106 e. The van der Waals surface area contributed by atoms with E-state index in [1.807, 2.05) is 6.92 Å². The molecule has 2 heterocycles. The van der Waals surface area contributed by atoms with Crippen molar-refractivity contribution in [2.45, 2.75) is 159 Å². The zero-order valence-electron chi connectivity index (χ0n) is 28.0. The molecule has 46 heavy (non-hydrogen) atoms. The van der Waals surface area contributed by atoms with Crippen LogP contribution in [0, 0.1) is 34.5 Å². The lowest BCUT2D eigenvalue weighted by Crippen LogP contribution is -2.67. The van der Waals surface area contributed by atoms with Crippen molar-refractivity contribution in [3.8, 4) is 0 Å². The largest absolute Gasteiger partial charge is 0.393 e. The van der Waals surface area contributed by atoms with Gasteiger partial charge in [-0.2, -0.15) is 0 Å². The van der Waals surface area contributed by atoms with Crippen LogP contribution in [0.25, 0.3) is 0 Å². The Morgan fingerprint density at radius 1 is 0.739 bits per heavy atom. The second kappa shape index (κ2) is 13.9. The minimum atomic E-state index is -0.951. The monoisotopic (exact) mass is 656 g/mol. The van der Waals surface area contributed by atoms with Gasteiger partial charge in [-0.3, -0.25) is 0 Å². The molecular formula is C35H60O11. The van der Waals surface area contributed by atoms with Crippen LogP contribution in [0.5, 0.6) is 0 Å². The van der Waals surface area contributed by atoms with Gasteiger partial charge in [-0.05, 0) is 99.9 Å². The molecule has 0 aromatic rings. The molecule has 0 bridgehead atoms. The van der Waals surface area contributed by atoms with Crippen molar-refractivity contribution in [1.82, 2.24) is 0 Å². The lowest BCUT2D eigenvalue weighted by molar-refractivity contribution is -0.245. The molecule has 0 spiro atoms. The van der Waals surface area contributed by atoms with E-state index in [0.717, 1.165) is 44.1 Å². The van der Waals surface area contributed by atoms with Gasteiger partial charge in [0.25, 0.3) is 0 Å². The van der Waals surface area contributed by atoms with Gasteiger partial charge in [-0.1, -0.05) is 19.9 Å². The van der Waals surface area contributed by atoms with Crippen LogP contribution in [0.1, 0.15) is 91.9 Å². The highest BCUT2D eigenvalue weighted by molar-refractivity contribution is 5.26. The first-order chi connectivity index (χ1) is 21.6. The van der Waals surface area contributed by atoms with Gasteiger partial charge in [-0.25, -0.2) is 0 Å². The molecule has 0 aromatic heterocycles. The second-order valence-electron chi connectivity index (χ2n) is 15.9. The maximum atomic E-state index is 12.1. The van der Waals surface area contributed by atoms with Crippen molar-refractivity contribution in [3.05, 3.63) is 11.6 Å². The van der Waals surface area contributed by atoms with Crippen LogP contribution in [-0.2, 0) is 9.47 Å². The van der Waals surface area contributed by atoms with Gasteiger partial charge < -0.3 is 55.4 Å². The number of rotatable bonds is 4. The number of hydrogen-bond donors (Lipinski definition) is 9. The quantitative estimate of drug-likeness (QED) is 0.194. The summed E-state index contributed by atoms with van der Waals surface area (Å²) in [6.45, 7) is 7.44. The molecule has 2 saturated heterocycles. The lowest BCUT2D eigenvalue weighted by Gasteiger charge is -2.65. The average molecular weight is 657 g/mol. The van der Waals surface area contributed by atoms with Crippen molar-refractivity contribution < 1.29 is 55.4 Å². The highest BCUT2D eigenvalue weighted by Crippen LogP contribution is 2.69. The average Bonchev–Trinajstić information content (AvgIpc) is 3.30. The van der Waals surface area contributed by atoms with Crippen LogP contribution < -0.4 is 0 Å². The molecule has 4 saturated carbocycles. The fourth-order valence-electron chi connectivity index (χ4n) is 10.9. The Morgan fingerprint density at radius 3 is 1.85 bits per heavy atom. The van der Waals surface area contributed by atoms with Crippen molar-refractivity contribution in [2.75, 3.05) is 13.2 Å². The first-order valence-electron chi connectivity index (χ1n) is 17.6. The van der Waals surface area contributed by atoms with E-state index >= 15 is 0 Å². The summed E-state index contributed by atoms with van der Waals surface area (Å²) >= 11 is 0. The van der Waals surface area contributed by atoms with Gasteiger partial charge in [0.15, 0.2) is 0 Å². The molecule has 9 N–H and O–H groups in total. The molecule has 266 valence electrons. The van der Waals surface area contributed by atoms with E-state index in [1.165, 1.54) is 0 Å². The smallest absolute Gasteiger partial charge is 0.106 e. The van der Waals surface area contributed by atoms with E-state index in [0.29, 0.717) is 18.8 Å². The Balaban J connectivity index is 0.000000200. The third kappa shape index (κ3) is 6.14. The minimum Gasteiger partial charge on any atom is -0.393 e. The zero-order chi connectivity index (χ0) is 33.8. The topological polar surface area (TPSA) is 201 Å². The van der Waals surface area contributed by atoms with Gasteiger partial charge in [0.1, 0.15) is 12.2 Å². The molecule has 6 fully saturated rings. The zero-order valence-corrected chi connectivity index (χ0v) is 28.0. The molecule has 4 unspecified atom stereocenters. The molecule has 0 radical (unpaired) electrons. The highest BCUT2D eigenvalue weighted by Gasteiger charge is 2.70. The summed E-state index contributed by atoms with van der Waals surface area (Å²) in [4.78, 5) is 0. The Bertz CT molecular complexity index is 1020. The third-order valence-electron chi connectivity index (χ3n) is 13.8. The van der Waals surface area contributed by atoms with E-state index in [1.54, 1.807) is 19.9 Å². The molecule has 0 aromatic carbocycles. The molecule has 6 rings (SSSR count). The van der Waals surface area contributed by atoms with Crippen LogP contribution in [0.3, 0.4) is 0 Å². The third-order valence-corrected chi connectivity index (χ3v) is 13.8. The summed E-state index contributed by atoms with van der Waals surface area (Å²) in [7, 11) is 0. The first-order valence-corrected chi connectivity index (χ1v) is 17.6. The summed E-state index contributed by atoms with van der Waals surface area (Å²) in [5, 5.41) is 91.6. The Hall–Kier alpha value is -0.700. The van der Waals surface area contributed by atoms with Crippen LogP contribution in [0.4, 0.5) is 0 Å². The number of aliphatic hydroxyl groups is 9. The summed E-state index contributed by atoms with van der Waals surface area (Å²) < 4.78 is 11.2.